The van der Waals surface area contributed by atoms with Crippen LogP contribution < -0.4 is 10.1 Å². The molecule has 23 heavy (non-hydrogen) atoms. The number of amides is 1. The zero-order chi connectivity index (χ0) is 16.7. The van der Waals surface area contributed by atoms with E-state index in [1.807, 2.05) is 24.3 Å². The molecule has 0 atom stereocenters. The summed E-state index contributed by atoms with van der Waals surface area (Å²) in [6.45, 7) is 0.604. The molecule has 2 aromatic rings. The van der Waals surface area contributed by atoms with Gasteiger partial charge in [-0.05, 0) is 36.8 Å². The van der Waals surface area contributed by atoms with E-state index in [0.29, 0.717) is 25.2 Å². The number of halogens is 1. The number of rotatable bonds is 8. The van der Waals surface area contributed by atoms with E-state index in [2.05, 4.69) is 21.2 Å². The number of hydrogen-bond acceptors (Lipinski definition) is 4. The maximum atomic E-state index is 11.7. The van der Waals surface area contributed by atoms with Crippen molar-refractivity contribution >= 4 is 27.8 Å². The van der Waals surface area contributed by atoms with Crippen LogP contribution in [0.3, 0.4) is 0 Å². The highest BCUT2D eigenvalue weighted by Gasteiger charge is 2.09. The van der Waals surface area contributed by atoms with Crippen LogP contribution in [0.1, 0.15) is 29.2 Å². The first-order valence-corrected chi connectivity index (χ1v) is 7.81. The van der Waals surface area contributed by atoms with E-state index in [1.165, 1.54) is 12.1 Å². The zero-order valence-electron chi connectivity index (χ0n) is 12.3. The molecule has 122 valence electrons. The molecule has 0 saturated carbocycles. The largest absolute Gasteiger partial charge is 0.494 e. The Morgan fingerprint density at radius 2 is 2.09 bits per heavy atom. The molecule has 1 heterocycles. The number of carboxylic acids is 1. The van der Waals surface area contributed by atoms with E-state index >= 15 is 0 Å². The molecule has 2 rings (SSSR count). The Kier molecular flexibility index (Phi) is 6.22. The van der Waals surface area contributed by atoms with Gasteiger partial charge in [0.1, 0.15) is 11.5 Å². The van der Waals surface area contributed by atoms with Gasteiger partial charge in [-0.2, -0.15) is 0 Å². The zero-order valence-corrected chi connectivity index (χ0v) is 13.8. The monoisotopic (exact) mass is 381 g/mol. The first-order valence-electron chi connectivity index (χ1n) is 7.01. The first kappa shape index (κ1) is 17.1. The number of carbonyl (C=O) groups is 2. The van der Waals surface area contributed by atoms with Crippen LogP contribution in [-0.4, -0.2) is 23.6 Å². The van der Waals surface area contributed by atoms with E-state index in [9.17, 15) is 9.59 Å². The van der Waals surface area contributed by atoms with Crippen molar-refractivity contribution < 1.29 is 23.8 Å². The normalized spacial score (nSPS) is 10.3. The quantitative estimate of drug-likeness (QED) is 0.685. The molecule has 2 N–H and O–H groups in total. The van der Waals surface area contributed by atoms with Gasteiger partial charge in [-0.15, -0.1) is 0 Å². The van der Waals surface area contributed by atoms with Crippen LogP contribution in [0.25, 0.3) is 0 Å². The third-order valence-corrected chi connectivity index (χ3v) is 3.44. The predicted octanol–water partition coefficient (Wildman–Crippen LogP) is 3.22. The summed E-state index contributed by atoms with van der Waals surface area (Å²) in [6, 6.07) is 10.4. The molecular formula is C16H16BrNO5. The van der Waals surface area contributed by atoms with E-state index in [4.69, 9.17) is 14.3 Å². The number of furan rings is 1. The molecule has 0 fully saturated rings. The number of hydrogen-bond donors (Lipinski definition) is 2. The van der Waals surface area contributed by atoms with Gasteiger partial charge in [0.05, 0.1) is 13.2 Å². The molecule has 0 bridgehead atoms. The van der Waals surface area contributed by atoms with Crippen molar-refractivity contribution in [3.8, 4) is 5.75 Å². The Labute approximate surface area is 141 Å². The van der Waals surface area contributed by atoms with Gasteiger partial charge < -0.3 is 19.6 Å². The van der Waals surface area contributed by atoms with Crippen LogP contribution in [0.15, 0.2) is 45.3 Å². The lowest BCUT2D eigenvalue weighted by atomic mass is 10.3. The standard InChI is InChI=1S/C16H16BrNO5/c17-11-3-1-4-12(9-11)22-8-2-5-15(19)18-10-13-6-7-14(23-13)16(20)21/h1,3-4,6-7,9H,2,5,8,10H2,(H,18,19)(H,20,21). The maximum absolute atomic E-state index is 11.7. The Morgan fingerprint density at radius 3 is 2.78 bits per heavy atom. The third-order valence-electron chi connectivity index (χ3n) is 2.95. The molecule has 0 aliphatic rings. The number of carboxylic acid groups (broad SMARTS) is 1. The average molecular weight is 382 g/mol. The molecule has 0 unspecified atom stereocenters. The molecule has 0 aliphatic heterocycles. The van der Waals surface area contributed by atoms with Crippen LogP contribution in [0.4, 0.5) is 0 Å². The summed E-state index contributed by atoms with van der Waals surface area (Å²) in [5, 5.41) is 11.4. The van der Waals surface area contributed by atoms with E-state index in [1.54, 1.807) is 0 Å². The Hall–Kier alpha value is -2.28. The molecule has 0 radical (unpaired) electrons. The summed E-state index contributed by atoms with van der Waals surface area (Å²) in [5.74, 6) is -0.266. The fraction of sp³-hybridized carbons (Fsp3) is 0.250. The minimum absolute atomic E-state index is 0.142. The molecule has 1 aromatic carbocycles. The minimum atomic E-state index is -1.13. The molecule has 1 aromatic heterocycles. The molecule has 1 amide bonds. The highest BCUT2D eigenvalue weighted by atomic mass is 79.9. The number of aromatic carboxylic acids is 1. The van der Waals surface area contributed by atoms with Crippen molar-refractivity contribution in [2.45, 2.75) is 19.4 Å². The van der Waals surface area contributed by atoms with Crippen LogP contribution in [-0.2, 0) is 11.3 Å². The van der Waals surface area contributed by atoms with Crippen molar-refractivity contribution in [3.05, 3.63) is 52.4 Å². The van der Waals surface area contributed by atoms with Gasteiger partial charge in [-0.25, -0.2) is 4.79 Å². The highest BCUT2D eigenvalue weighted by molar-refractivity contribution is 9.10. The number of ether oxygens (including phenoxy) is 1. The molecule has 7 heteroatoms. The van der Waals surface area contributed by atoms with Gasteiger partial charge >= 0.3 is 5.97 Å². The fourth-order valence-corrected chi connectivity index (χ4v) is 2.22. The summed E-state index contributed by atoms with van der Waals surface area (Å²) in [4.78, 5) is 22.4. The minimum Gasteiger partial charge on any atom is -0.494 e. The SMILES string of the molecule is O=C(CCCOc1cccc(Br)c1)NCc1ccc(C(=O)O)o1. The van der Waals surface area contributed by atoms with Crippen molar-refractivity contribution in [3.63, 3.8) is 0 Å². The van der Waals surface area contributed by atoms with Gasteiger partial charge in [-0.3, -0.25) is 4.79 Å². The third kappa shape index (κ3) is 5.78. The van der Waals surface area contributed by atoms with Gasteiger partial charge in [0, 0.05) is 10.9 Å². The average Bonchev–Trinajstić information content (AvgIpc) is 2.99. The molecule has 6 nitrogen and oxygen atoms in total. The van der Waals surface area contributed by atoms with Crippen molar-refractivity contribution in [1.82, 2.24) is 5.32 Å². The predicted molar refractivity (Wildman–Crippen MR) is 86.4 cm³/mol. The van der Waals surface area contributed by atoms with Crippen LogP contribution in [0.5, 0.6) is 5.75 Å². The van der Waals surface area contributed by atoms with Crippen LogP contribution in [0, 0.1) is 0 Å². The number of benzene rings is 1. The number of carbonyl (C=O) groups excluding carboxylic acids is 1. The second-order valence-corrected chi connectivity index (χ2v) is 5.67. The summed E-state index contributed by atoms with van der Waals surface area (Å²) in [6.07, 6.45) is 0.900. The summed E-state index contributed by atoms with van der Waals surface area (Å²) in [5.41, 5.74) is 0. The summed E-state index contributed by atoms with van der Waals surface area (Å²) >= 11 is 3.36. The van der Waals surface area contributed by atoms with Gasteiger partial charge in [0.25, 0.3) is 0 Å². The lowest BCUT2D eigenvalue weighted by Crippen LogP contribution is -2.22. The van der Waals surface area contributed by atoms with Crippen LogP contribution in [0.2, 0.25) is 0 Å². The lowest BCUT2D eigenvalue weighted by molar-refractivity contribution is -0.121. The molecular weight excluding hydrogens is 366 g/mol. The lowest BCUT2D eigenvalue weighted by Gasteiger charge is -2.06. The van der Waals surface area contributed by atoms with Crippen molar-refractivity contribution in [1.29, 1.82) is 0 Å². The molecule has 0 aliphatic carbocycles. The van der Waals surface area contributed by atoms with E-state index < -0.39 is 5.97 Å². The maximum Gasteiger partial charge on any atom is 0.371 e. The first-order chi connectivity index (χ1) is 11.0. The molecule has 0 saturated heterocycles. The number of nitrogens with one attached hydrogen (secondary N) is 1. The van der Waals surface area contributed by atoms with Gasteiger partial charge in [0.2, 0.25) is 11.7 Å². The van der Waals surface area contributed by atoms with Crippen molar-refractivity contribution in [2.24, 2.45) is 0 Å². The summed E-state index contributed by atoms with van der Waals surface area (Å²) in [7, 11) is 0. The fourth-order valence-electron chi connectivity index (χ4n) is 1.84. The second kappa shape index (κ2) is 8.38. The highest BCUT2D eigenvalue weighted by Crippen LogP contribution is 2.17. The van der Waals surface area contributed by atoms with E-state index in [0.717, 1.165) is 10.2 Å². The Balaban J connectivity index is 1.64. The van der Waals surface area contributed by atoms with Crippen molar-refractivity contribution in [2.75, 3.05) is 6.61 Å². The topological polar surface area (TPSA) is 88.8 Å². The van der Waals surface area contributed by atoms with E-state index in [-0.39, 0.29) is 18.2 Å². The summed E-state index contributed by atoms with van der Waals surface area (Å²) < 4.78 is 11.5. The van der Waals surface area contributed by atoms with Gasteiger partial charge in [0.15, 0.2) is 0 Å². The van der Waals surface area contributed by atoms with Gasteiger partial charge in [-0.1, -0.05) is 22.0 Å². The second-order valence-electron chi connectivity index (χ2n) is 4.76. The Bertz CT molecular complexity index is 683. The Morgan fingerprint density at radius 1 is 1.26 bits per heavy atom. The molecule has 0 spiro atoms. The van der Waals surface area contributed by atoms with Crippen LogP contribution >= 0.6 is 15.9 Å². The smallest absolute Gasteiger partial charge is 0.371 e.